The van der Waals surface area contributed by atoms with E-state index in [1.165, 1.54) is 37.6 Å². The zero-order valence-corrected chi connectivity index (χ0v) is 15.2. The van der Waals surface area contributed by atoms with E-state index in [0.29, 0.717) is 18.0 Å². The number of para-hydroxylation sites is 2. The van der Waals surface area contributed by atoms with Gasteiger partial charge in [-0.15, -0.1) is 0 Å². The summed E-state index contributed by atoms with van der Waals surface area (Å²) in [5.41, 5.74) is 3.91. The molecule has 0 saturated carbocycles. The van der Waals surface area contributed by atoms with Crippen LogP contribution < -0.4 is 5.32 Å². The summed E-state index contributed by atoms with van der Waals surface area (Å²) in [6.45, 7) is 3.91. The van der Waals surface area contributed by atoms with Crippen molar-refractivity contribution in [2.24, 2.45) is 0 Å². The van der Waals surface area contributed by atoms with Crippen LogP contribution in [0.5, 0.6) is 0 Å². The molecule has 27 heavy (non-hydrogen) atoms. The molecule has 1 aliphatic rings. The van der Waals surface area contributed by atoms with Crippen molar-refractivity contribution in [2.75, 3.05) is 13.1 Å². The lowest BCUT2D eigenvalue weighted by Crippen LogP contribution is -2.20. The molecule has 0 unspecified atom stereocenters. The summed E-state index contributed by atoms with van der Waals surface area (Å²) >= 11 is 0. The highest BCUT2D eigenvalue weighted by atomic mass is 16.3. The van der Waals surface area contributed by atoms with E-state index in [4.69, 9.17) is 4.42 Å². The highest BCUT2D eigenvalue weighted by molar-refractivity contribution is 5.91. The zero-order valence-electron chi connectivity index (χ0n) is 15.2. The molecular weight excluding hydrogens is 338 g/mol. The van der Waals surface area contributed by atoms with E-state index in [9.17, 15) is 4.79 Å². The molecule has 0 spiro atoms. The molecule has 0 bridgehead atoms. The SMILES string of the molecule is O=C(/C=C/c1nc2ccccc2o1)NCc1ccc(CN2CCCC2)cc1. The fourth-order valence-corrected chi connectivity index (χ4v) is 3.32. The number of nitrogens with one attached hydrogen (secondary N) is 1. The molecule has 1 aliphatic heterocycles. The second-order valence-corrected chi connectivity index (χ2v) is 6.87. The third-order valence-electron chi connectivity index (χ3n) is 4.78. The summed E-state index contributed by atoms with van der Waals surface area (Å²) in [6, 6.07) is 16.0. The second kappa shape index (κ2) is 8.18. The molecule has 5 nitrogen and oxygen atoms in total. The van der Waals surface area contributed by atoms with Gasteiger partial charge in [-0.25, -0.2) is 4.98 Å². The first kappa shape index (κ1) is 17.5. The quantitative estimate of drug-likeness (QED) is 0.679. The molecule has 4 rings (SSSR count). The Morgan fingerprint density at radius 1 is 1.07 bits per heavy atom. The van der Waals surface area contributed by atoms with E-state index in [1.54, 1.807) is 6.08 Å². The number of aromatic nitrogens is 1. The number of nitrogens with zero attached hydrogens (tertiary/aromatic N) is 2. The third-order valence-corrected chi connectivity index (χ3v) is 4.78. The molecule has 0 aliphatic carbocycles. The summed E-state index contributed by atoms with van der Waals surface area (Å²) in [4.78, 5) is 18.8. The average molecular weight is 361 g/mol. The highest BCUT2D eigenvalue weighted by Crippen LogP contribution is 2.15. The van der Waals surface area contributed by atoms with Crippen molar-refractivity contribution in [1.82, 2.24) is 15.2 Å². The minimum atomic E-state index is -0.168. The number of fused-ring (bicyclic) bond motifs is 1. The number of hydrogen-bond donors (Lipinski definition) is 1. The van der Waals surface area contributed by atoms with Gasteiger partial charge in [0.2, 0.25) is 11.8 Å². The van der Waals surface area contributed by atoms with E-state index in [1.807, 2.05) is 24.3 Å². The highest BCUT2D eigenvalue weighted by Gasteiger charge is 2.11. The van der Waals surface area contributed by atoms with E-state index in [0.717, 1.165) is 17.6 Å². The first-order valence-electron chi connectivity index (χ1n) is 9.38. The monoisotopic (exact) mass is 361 g/mol. The van der Waals surface area contributed by atoms with Gasteiger partial charge in [0.25, 0.3) is 0 Å². The molecular formula is C22H23N3O2. The molecule has 1 fully saturated rings. The lowest BCUT2D eigenvalue weighted by molar-refractivity contribution is -0.116. The smallest absolute Gasteiger partial charge is 0.244 e. The van der Waals surface area contributed by atoms with Crippen molar-refractivity contribution in [3.8, 4) is 0 Å². The van der Waals surface area contributed by atoms with E-state index < -0.39 is 0 Å². The summed E-state index contributed by atoms with van der Waals surface area (Å²) in [6.07, 6.45) is 5.66. The van der Waals surface area contributed by atoms with Crippen LogP contribution in [0, 0.1) is 0 Å². The summed E-state index contributed by atoms with van der Waals surface area (Å²) < 4.78 is 5.57. The maximum absolute atomic E-state index is 12.0. The molecule has 5 heteroatoms. The van der Waals surface area contributed by atoms with Gasteiger partial charge in [0.1, 0.15) is 5.52 Å². The Morgan fingerprint density at radius 2 is 1.81 bits per heavy atom. The second-order valence-electron chi connectivity index (χ2n) is 6.87. The van der Waals surface area contributed by atoms with Gasteiger partial charge in [-0.3, -0.25) is 9.69 Å². The number of rotatable bonds is 6. The largest absolute Gasteiger partial charge is 0.437 e. The van der Waals surface area contributed by atoms with Crippen LogP contribution in [0.15, 0.2) is 59.0 Å². The van der Waals surface area contributed by atoms with Crippen LogP contribution in [0.2, 0.25) is 0 Å². The van der Waals surface area contributed by atoms with Crippen LogP contribution in [-0.4, -0.2) is 28.9 Å². The average Bonchev–Trinajstić information content (AvgIpc) is 3.35. The van der Waals surface area contributed by atoms with E-state index in [-0.39, 0.29) is 5.91 Å². The molecule has 1 saturated heterocycles. The predicted molar refractivity (Wildman–Crippen MR) is 106 cm³/mol. The first-order valence-corrected chi connectivity index (χ1v) is 9.38. The van der Waals surface area contributed by atoms with Gasteiger partial charge in [0, 0.05) is 25.2 Å². The number of hydrogen-bond acceptors (Lipinski definition) is 4. The molecule has 3 aromatic rings. The standard InChI is InChI=1S/C22H23N3O2/c26-21(11-12-22-24-19-5-1-2-6-20(19)27-22)23-15-17-7-9-18(10-8-17)16-25-13-3-4-14-25/h1-2,5-12H,3-4,13-16H2,(H,23,26)/b12-11+. The Balaban J connectivity index is 1.28. The number of carbonyl (C=O) groups excluding carboxylic acids is 1. The Kier molecular flexibility index (Phi) is 5.30. The van der Waals surface area contributed by atoms with Crippen LogP contribution in [0.1, 0.15) is 29.9 Å². The lowest BCUT2D eigenvalue weighted by atomic mass is 10.1. The minimum Gasteiger partial charge on any atom is -0.437 e. The lowest BCUT2D eigenvalue weighted by Gasteiger charge is -2.14. The Hall–Kier alpha value is -2.92. The normalized spacial score (nSPS) is 15.0. The molecule has 1 amide bonds. The third kappa shape index (κ3) is 4.63. The predicted octanol–water partition coefficient (Wildman–Crippen LogP) is 3.75. The Bertz CT molecular complexity index is 905. The Labute approximate surface area is 158 Å². The summed E-state index contributed by atoms with van der Waals surface area (Å²) in [5.74, 6) is 0.260. The van der Waals surface area contributed by atoms with Gasteiger partial charge in [-0.2, -0.15) is 0 Å². The minimum absolute atomic E-state index is 0.168. The zero-order chi connectivity index (χ0) is 18.5. The van der Waals surface area contributed by atoms with Gasteiger partial charge in [0.05, 0.1) is 0 Å². The summed E-state index contributed by atoms with van der Waals surface area (Å²) in [5, 5.41) is 2.89. The molecule has 1 aromatic heterocycles. The Morgan fingerprint density at radius 3 is 2.59 bits per heavy atom. The molecule has 0 atom stereocenters. The van der Waals surface area contributed by atoms with Crippen molar-refractivity contribution in [3.05, 3.63) is 71.6 Å². The van der Waals surface area contributed by atoms with Crippen molar-refractivity contribution in [1.29, 1.82) is 0 Å². The molecule has 138 valence electrons. The number of likely N-dealkylation sites (tertiary alicyclic amines) is 1. The molecule has 1 N–H and O–H groups in total. The van der Waals surface area contributed by atoms with Crippen molar-refractivity contribution in [2.45, 2.75) is 25.9 Å². The first-order chi connectivity index (χ1) is 13.3. The van der Waals surface area contributed by atoms with Crippen LogP contribution in [0.4, 0.5) is 0 Å². The maximum Gasteiger partial charge on any atom is 0.244 e. The fourth-order valence-electron chi connectivity index (χ4n) is 3.32. The van der Waals surface area contributed by atoms with Crippen LogP contribution in [-0.2, 0) is 17.9 Å². The van der Waals surface area contributed by atoms with Gasteiger partial charge in [0.15, 0.2) is 5.58 Å². The van der Waals surface area contributed by atoms with Gasteiger partial charge >= 0.3 is 0 Å². The van der Waals surface area contributed by atoms with Crippen molar-refractivity contribution >= 4 is 23.1 Å². The molecule has 2 heterocycles. The molecule has 0 radical (unpaired) electrons. The number of carbonyl (C=O) groups is 1. The fraction of sp³-hybridized carbons (Fsp3) is 0.273. The van der Waals surface area contributed by atoms with Crippen LogP contribution in [0.25, 0.3) is 17.2 Å². The van der Waals surface area contributed by atoms with Gasteiger partial charge in [-0.1, -0.05) is 36.4 Å². The van der Waals surface area contributed by atoms with Crippen LogP contribution in [0.3, 0.4) is 0 Å². The molecule has 2 aromatic carbocycles. The number of amides is 1. The van der Waals surface area contributed by atoms with Crippen molar-refractivity contribution in [3.63, 3.8) is 0 Å². The van der Waals surface area contributed by atoms with E-state index >= 15 is 0 Å². The summed E-state index contributed by atoms with van der Waals surface area (Å²) in [7, 11) is 0. The van der Waals surface area contributed by atoms with Gasteiger partial charge in [-0.05, 0) is 49.2 Å². The van der Waals surface area contributed by atoms with Crippen LogP contribution >= 0.6 is 0 Å². The number of oxazole rings is 1. The van der Waals surface area contributed by atoms with E-state index in [2.05, 4.69) is 39.5 Å². The van der Waals surface area contributed by atoms with Crippen molar-refractivity contribution < 1.29 is 9.21 Å². The number of benzene rings is 2. The van der Waals surface area contributed by atoms with Gasteiger partial charge < -0.3 is 9.73 Å². The maximum atomic E-state index is 12.0. The topological polar surface area (TPSA) is 58.4 Å².